The highest BCUT2D eigenvalue weighted by Gasteiger charge is 2.58. The van der Waals surface area contributed by atoms with Crippen LogP contribution in [0.1, 0.15) is 73.6 Å². The molecular weight excluding hydrogens is 300 g/mol. The summed E-state index contributed by atoms with van der Waals surface area (Å²) in [6, 6.07) is 0. The second-order valence-corrected chi connectivity index (χ2v) is 14.6. The first-order valence-corrected chi connectivity index (χ1v) is 12.1. The van der Waals surface area contributed by atoms with Crippen LogP contribution in [0.5, 0.6) is 0 Å². The molecule has 0 heterocycles. The average Bonchev–Trinajstić information content (AvgIpc) is 2.81. The Morgan fingerprint density at radius 2 is 1.83 bits per heavy atom. The van der Waals surface area contributed by atoms with Crippen LogP contribution in [0.15, 0.2) is 11.1 Å². The SMILES string of the molecule is CC1=C2CC(=O)C(C)(C)[C@]2(CCCO[Si](C)(C)C(C)(C)C)CC1. The third kappa shape index (κ3) is 2.99. The van der Waals surface area contributed by atoms with Crippen molar-refractivity contribution in [1.82, 2.24) is 0 Å². The van der Waals surface area contributed by atoms with Gasteiger partial charge in [0.15, 0.2) is 8.32 Å². The minimum atomic E-state index is -1.66. The zero-order chi connectivity index (χ0) is 17.7. The van der Waals surface area contributed by atoms with E-state index in [2.05, 4.69) is 54.6 Å². The Morgan fingerprint density at radius 3 is 2.39 bits per heavy atom. The van der Waals surface area contributed by atoms with E-state index in [1.165, 1.54) is 17.6 Å². The van der Waals surface area contributed by atoms with Crippen LogP contribution >= 0.6 is 0 Å². The van der Waals surface area contributed by atoms with E-state index < -0.39 is 8.32 Å². The summed E-state index contributed by atoms with van der Waals surface area (Å²) < 4.78 is 6.36. The molecule has 0 aliphatic heterocycles. The van der Waals surface area contributed by atoms with Crippen LogP contribution in [0.2, 0.25) is 18.1 Å². The van der Waals surface area contributed by atoms with E-state index in [4.69, 9.17) is 4.43 Å². The van der Waals surface area contributed by atoms with Crippen molar-refractivity contribution in [2.24, 2.45) is 10.8 Å². The van der Waals surface area contributed by atoms with Crippen LogP contribution in [0.3, 0.4) is 0 Å². The maximum absolute atomic E-state index is 12.5. The first kappa shape index (κ1) is 18.9. The normalized spacial score (nSPS) is 27.7. The van der Waals surface area contributed by atoms with E-state index in [1.54, 1.807) is 0 Å². The summed E-state index contributed by atoms with van der Waals surface area (Å²) in [5.41, 5.74) is 2.87. The van der Waals surface area contributed by atoms with E-state index in [1.807, 2.05) is 0 Å². The van der Waals surface area contributed by atoms with Crippen molar-refractivity contribution in [3.8, 4) is 0 Å². The molecule has 3 heteroatoms. The van der Waals surface area contributed by atoms with Gasteiger partial charge in [-0.1, -0.05) is 45.8 Å². The Bertz CT molecular complexity index is 522. The molecule has 2 rings (SSSR count). The summed E-state index contributed by atoms with van der Waals surface area (Å²) in [4.78, 5) is 12.5. The number of fused-ring (bicyclic) bond motifs is 1. The van der Waals surface area contributed by atoms with Crippen molar-refractivity contribution in [2.45, 2.75) is 91.8 Å². The molecule has 0 aromatic rings. The molecule has 2 nitrogen and oxygen atoms in total. The number of Topliss-reactive ketones (excluding diaryl/α,β-unsaturated/α-hetero) is 1. The van der Waals surface area contributed by atoms with Gasteiger partial charge in [0.25, 0.3) is 0 Å². The third-order valence-corrected chi connectivity index (χ3v) is 11.8. The second-order valence-electron chi connectivity index (χ2n) is 9.78. The van der Waals surface area contributed by atoms with E-state index in [-0.39, 0.29) is 15.9 Å². The van der Waals surface area contributed by atoms with Crippen molar-refractivity contribution in [2.75, 3.05) is 6.61 Å². The maximum Gasteiger partial charge on any atom is 0.191 e. The summed E-state index contributed by atoms with van der Waals surface area (Å²) in [5, 5.41) is 0.267. The molecule has 0 saturated heterocycles. The van der Waals surface area contributed by atoms with Gasteiger partial charge in [0, 0.05) is 23.9 Å². The first-order valence-electron chi connectivity index (χ1n) is 9.21. The highest BCUT2D eigenvalue weighted by atomic mass is 28.4. The van der Waals surface area contributed by atoms with Crippen LogP contribution in [0.25, 0.3) is 0 Å². The van der Waals surface area contributed by atoms with Crippen LogP contribution in [0, 0.1) is 10.8 Å². The van der Waals surface area contributed by atoms with Gasteiger partial charge < -0.3 is 4.43 Å². The molecule has 0 aromatic carbocycles. The van der Waals surface area contributed by atoms with Gasteiger partial charge >= 0.3 is 0 Å². The van der Waals surface area contributed by atoms with Crippen LogP contribution in [0.4, 0.5) is 0 Å². The lowest BCUT2D eigenvalue weighted by Gasteiger charge is -2.40. The zero-order valence-electron chi connectivity index (χ0n) is 16.6. The molecule has 2 aliphatic carbocycles. The molecule has 0 radical (unpaired) electrons. The first-order chi connectivity index (χ1) is 10.4. The second kappa shape index (κ2) is 5.84. The fraction of sp³-hybridized carbons (Fsp3) is 0.850. The van der Waals surface area contributed by atoms with Crippen LogP contribution in [-0.4, -0.2) is 20.7 Å². The number of carbonyl (C=O) groups is 1. The maximum atomic E-state index is 12.5. The fourth-order valence-corrected chi connectivity index (χ4v) is 5.36. The van der Waals surface area contributed by atoms with Gasteiger partial charge in [-0.3, -0.25) is 4.79 Å². The predicted octanol–water partition coefficient (Wildman–Crippen LogP) is 5.88. The molecule has 0 unspecified atom stereocenters. The summed E-state index contributed by atoms with van der Waals surface area (Å²) in [5.74, 6) is 0.442. The minimum absolute atomic E-state index is 0.116. The molecule has 2 aliphatic rings. The highest BCUT2D eigenvalue weighted by molar-refractivity contribution is 6.74. The van der Waals surface area contributed by atoms with Gasteiger partial charge in [-0.05, 0) is 50.7 Å². The van der Waals surface area contributed by atoms with Crippen LogP contribution in [-0.2, 0) is 9.22 Å². The van der Waals surface area contributed by atoms with Crippen molar-refractivity contribution in [3.63, 3.8) is 0 Å². The number of carbonyl (C=O) groups excluding carboxylic acids is 1. The minimum Gasteiger partial charge on any atom is -0.417 e. The van der Waals surface area contributed by atoms with Gasteiger partial charge in [-0.2, -0.15) is 0 Å². The number of ketones is 1. The summed E-state index contributed by atoms with van der Waals surface area (Å²) in [6.45, 7) is 18.9. The van der Waals surface area contributed by atoms with Crippen molar-refractivity contribution in [3.05, 3.63) is 11.1 Å². The molecule has 1 fully saturated rings. The fourth-order valence-electron chi connectivity index (χ4n) is 4.28. The largest absolute Gasteiger partial charge is 0.417 e. The average molecular weight is 337 g/mol. The molecule has 23 heavy (non-hydrogen) atoms. The van der Waals surface area contributed by atoms with Crippen molar-refractivity contribution in [1.29, 1.82) is 0 Å². The van der Waals surface area contributed by atoms with Gasteiger partial charge in [-0.25, -0.2) is 0 Å². The summed E-state index contributed by atoms with van der Waals surface area (Å²) >= 11 is 0. The molecule has 132 valence electrons. The highest BCUT2D eigenvalue weighted by Crippen LogP contribution is 2.63. The Hall–Kier alpha value is -0.413. The molecule has 0 aromatic heterocycles. The molecular formula is C20H36O2Si. The number of rotatable bonds is 5. The predicted molar refractivity (Wildman–Crippen MR) is 100 cm³/mol. The molecule has 1 atom stereocenters. The smallest absolute Gasteiger partial charge is 0.191 e. The zero-order valence-corrected chi connectivity index (χ0v) is 17.6. The van der Waals surface area contributed by atoms with Crippen LogP contribution < -0.4 is 0 Å². The van der Waals surface area contributed by atoms with Crippen molar-refractivity contribution >= 4 is 14.1 Å². The number of hydrogen-bond donors (Lipinski definition) is 0. The van der Waals surface area contributed by atoms with Crippen molar-refractivity contribution < 1.29 is 9.22 Å². The Morgan fingerprint density at radius 1 is 1.22 bits per heavy atom. The molecule has 0 amide bonds. The van der Waals surface area contributed by atoms with E-state index in [0.29, 0.717) is 12.2 Å². The molecule has 0 bridgehead atoms. The Labute approximate surface area is 144 Å². The summed E-state index contributed by atoms with van der Waals surface area (Å²) in [7, 11) is -1.66. The lowest BCUT2D eigenvalue weighted by atomic mass is 9.63. The van der Waals surface area contributed by atoms with Gasteiger partial charge in [0.05, 0.1) is 0 Å². The van der Waals surface area contributed by atoms with E-state index >= 15 is 0 Å². The third-order valence-electron chi connectivity index (χ3n) is 7.27. The lowest BCUT2D eigenvalue weighted by molar-refractivity contribution is -0.128. The Balaban J connectivity index is 2.04. The molecule has 0 spiro atoms. The van der Waals surface area contributed by atoms with E-state index in [9.17, 15) is 4.79 Å². The van der Waals surface area contributed by atoms with Gasteiger partial charge in [-0.15, -0.1) is 0 Å². The summed E-state index contributed by atoms with van der Waals surface area (Å²) in [6.07, 6.45) is 5.21. The monoisotopic (exact) mass is 336 g/mol. The molecule has 0 N–H and O–H groups in total. The topological polar surface area (TPSA) is 26.3 Å². The van der Waals surface area contributed by atoms with Gasteiger partial charge in [0.2, 0.25) is 0 Å². The number of hydrogen-bond acceptors (Lipinski definition) is 2. The number of allylic oxidation sites excluding steroid dienone is 2. The molecule has 1 saturated carbocycles. The van der Waals surface area contributed by atoms with E-state index in [0.717, 1.165) is 25.9 Å². The van der Waals surface area contributed by atoms with Gasteiger partial charge in [0.1, 0.15) is 5.78 Å². The quantitative estimate of drug-likeness (QED) is 0.356. The standard InChI is InChI=1S/C20H36O2Si/c1-15-10-12-20(16(15)14-17(21)19(20,5)6)11-9-13-22-23(7,8)18(2,3)4/h9-14H2,1-8H3/t20-/m1/s1. The lowest BCUT2D eigenvalue weighted by Crippen LogP contribution is -2.41. The Kier molecular flexibility index (Phi) is 4.80.